The molecule has 10 nitrogen and oxygen atoms in total. The average Bonchev–Trinajstić information content (AvgIpc) is 2.76. The summed E-state index contributed by atoms with van der Waals surface area (Å²) in [5.41, 5.74) is 0.121. The zero-order chi connectivity index (χ0) is 22.5. The summed E-state index contributed by atoms with van der Waals surface area (Å²) >= 11 is 1.23. The van der Waals surface area contributed by atoms with Crippen molar-refractivity contribution in [3.8, 4) is 0 Å². The van der Waals surface area contributed by atoms with E-state index in [0.29, 0.717) is 5.56 Å². The number of amides is 2. The minimum absolute atomic E-state index is 0.200. The van der Waals surface area contributed by atoms with E-state index in [0.717, 1.165) is 4.90 Å². The highest BCUT2D eigenvalue weighted by atomic mass is 32.2. The van der Waals surface area contributed by atoms with Crippen molar-refractivity contribution < 1.29 is 34.2 Å². The number of carboxylic acids is 1. The Morgan fingerprint density at radius 3 is 2.65 bits per heavy atom. The SMILES string of the molecule is C/C=C/C(=O)OCC1=C(C(=O)O)N2C(=O)[C@@H](NC(=O)C(=NO)c3ccccc3)[C@H]2SC1. The molecule has 1 aromatic rings. The Kier molecular flexibility index (Phi) is 6.75. The van der Waals surface area contributed by atoms with Crippen molar-refractivity contribution in [3.05, 3.63) is 59.3 Å². The predicted octanol–water partition coefficient (Wildman–Crippen LogP) is 0.723. The first-order chi connectivity index (χ1) is 14.9. The summed E-state index contributed by atoms with van der Waals surface area (Å²) in [5.74, 6) is -3.14. The molecule has 1 saturated heterocycles. The van der Waals surface area contributed by atoms with E-state index in [1.807, 2.05) is 0 Å². The topological polar surface area (TPSA) is 146 Å². The lowest BCUT2D eigenvalue weighted by atomic mass is 10.0. The number of carbonyl (C=O) groups excluding carboxylic acids is 3. The lowest BCUT2D eigenvalue weighted by Crippen LogP contribution is -2.71. The van der Waals surface area contributed by atoms with Crippen LogP contribution in [0.25, 0.3) is 0 Å². The van der Waals surface area contributed by atoms with Crippen LogP contribution in [0.15, 0.2) is 58.9 Å². The first-order valence-electron chi connectivity index (χ1n) is 9.16. The second-order valence-electron chi connectivity index (χ2n) is 6.54. The van der Waals surface area contributed by atoms with Crippen LogP contribution in [0.1, 0.15) is 12.5 Å². The predicted molar refractivity (Wildman–Crippen MR) is 110 cm³/mol. The van der Waals surface area contributed by atoms with Gasteiger partial charge in [-0.2, -0.15) is 0 Å². The van der Waals surface area contributed by atoms with Gasteiger partial charge in [-0.3, -0.25) is 14.5 Å². The maximum absolute atomic E-state index is 12.7. The Labute approximate surface area is 181 Å². The molecule has 1 aromatic carbocycles. The maximum Gasteiger partial charge on any atom is 0.352 e. The van der Waals surface area contributed by atoms with E-state index >= 15 is 0 Å². The standard InChI is InChI=1S/C20H19N3O7S/c1-2-6-13(24)30-9-12-10-31-19-15(18(26)23(19)16(12)20(27)28)21-17(25)14(22-29)11-7-4-3-5-8-11/h2-8,15,19,29H,9-10H2,1H3,(H,21,25)(H,27,28)/b6-2+,22-14?/t15-,19-/m1/s1. The van der Waals surface area contributed by atoms with Gasteiger partial charge in [0.2, 0.25) is 0 Å². The number of rotatable bonds is 7. The summed E-state index contributed by atoms with van der Waals surface area (Å²) < 4.78 is 5.02. The van der Waals surface area contributed by atoms with Gasteiger partial charge < -0.3 is 20.4 Å². The molecule has 2 heterocycles. The number of nitrogens with zero attached hydrogens (tertiary/aromatic N) is 2. The summed E-state index contributed by atoms with van der Waals surface area (Å²) in [6.45, 7) is 1.38. The van der Waals surface area contributed by atoms with Gasteiger partial charge in [0, 0.05) is 23.0 Å². The smallest absolute Gasteiger partial charge is 0.352 e. The van der Waals surface area contributed by atoms with Gasteiger partial charge in [-0.25, -0.2) is 9.59 Å². The fourth-order valence-electron chi connectivity index (χ4n) is 3.18. The Bertz CT molecular complexity index is 1000. The molecule has 162 valence electrons. The number of hydrogen-bond donors (Lipinski definition) is 3. The Balaban J connectivity index is 1.74. The molecule has 1 fully saturated rings. The van der Waals surface area contributed by atoms with Crippen LogP contribution in [-0.2, 0) is 23.9 Å². The summed E-state index contributed by atoms with van der Waals surface area (Å²) in [7, 11) is 0. The molecular formula is C20H19N3O7S. The van der Waals surface area contributed by atoms with Crippen LogP contribution in [-0.4, -0.2) is 68.5 Å². The Hall–Kier alpha value is -3.60. The zero-order valence-electron chi connectivity index (χ0n) is 16.3. The van der Waals surface area contributed by atoms with Crippen molar-refractivity contribution in [3.63, 3.8) is 0 Å². The van der Waals surface area contributed by atoms with E-state index in [-0.39, 0.29) is 29.3 Å². The second-order valence-corrected chi connectivity index (χ2v) is 7.65. The van der Waals surface area contributed by atoms with Gasteiger partial charge in [0.25, 0.3) is 11.8 Å². The van der Waals surface area contributed by atoms with Crippen LogP contribution in [0.3, 0.4) is 0 Å². The van der Waals surface area contributed by atoms with Crippen molar-refractivity contribution in [2.45, 2.75) is 18.3 Å². The van der Waals surface area contributed by atoms with Crippen molar-refractivity contribution in [2.24, 2.45) is 5.16 Å². The summed E-state index contributed by atoms with van der Waals surface area (Å²) in [6.07, 6.45) is 2.69. The van der Waals surface area contributed by atoms with Gasteiger partial charge in [-0.15, -0.1) is 11.8 Å². The molecular weight excluding hydrogens is 426 g/mol. The van der Waals surface area contributed by atoms with E-state index in [4.69, 9.17) is 4.74 Å². The Morgan fingerprint density at radius 1 is 1.32 bits per heavy atom. The highest BCUT2D eigenvalue weighted by Crippen LogP contribution is 2.40. The molecule has 3 rings (SSSR count). The number of aliphatic carboxylic acids is 1. The van der Waals surface area contributed by atoms with Crippen molar-refractivity contribution >= 4 is 41.2 Å². The third-order valence-corrected chi connectivity index (χ3v) is 5.93. The first-order valence-corrected chi connectivity index (χ1v) is 10.2. The summed E-state index contributed by atoms with van der Waals surface area (Å²) in [5, 5.41) is 23.7. The molecule has 0 unspecified atom stereocenters. The van der Waals surface area contributed by atoms with Crippen LogP contribution in [0.4, 0.5) is 0 Å². The van der Waals surface area contributed by atoms with E-state index in [1.165, 1.54) is 23.9 Å². The molecule has 31 heavy (non-hydrogen) atoms. The highest BCUT2D eigenvalue weighted by molar-refractivity contribution is 8.00. The number of nitrogens with one attached hydrogen (secondary N) is 1. The molecule has 0 spiro atoms. The number of ether oxygens (including phenoxy) is 1. The molecule has 0 bridgehead atoms. The van der Waals surface area contributed by atoms with E-state index in [1.54, 1.807) is 37.3 Å². The molecule has 11 heteroatoms. The quantitative estimate of drug-likeness (QED) is 0.139. The molecule has 2 aliphatic heterocycles. The summed E-state index contributed by atoms with van der Waals surface area (Å²) in [4.78, 5) is 49.6. The number of esters is 1. The third-order valence-electron chi connectivity index (χ3n) is 4.59. The fraction of sp³-hybridized carbons (Fsp3) is 0.250. The number of carboxylic acid groups (broad SMARTS) is 1. The molecule has 0 saturated carbocycles. The lowest BCUT2D eigenvalue weighted by molar-refractivity contribution is -0.150. The molecule has 3 N–H and O–H groups in total. The molecule has 0 radical (unpaired) electrons. The van der Waals surface area contributed by atoms with Crippen molar-refractivity contribution in [2.75, 3.05) is 12.4 Å². The van der Waals surface area contributed by atoms with Gasteiger partial charge in [-0.05, 0) is 6.92 Å². The van der Waals surface area contributed by atoms with Crippen LogP contribution in [0, 0.1) is 0 Å². The summed E-state index contributed by atoms with van der Waals surface area (Å²) in [6, 6.07) is 7.22. The highest BCUT2D eigenvalue weighted by Gasteiger charge is 2.54. The molecule has 2 atom stereocenters. The third kappa shape index (κ3) is 4.45. The number of β-lactam (4-membered cyclic amide) rings is 1. The minimum atomic E-state index is -1.33. The zero-order valence-corrected chi connectivity index (χ0v) is 17.2. The number of hydrogen-bond acceptors (Lipinski definition) is 8. The van der Waals surface area contributed by atoms with Gasteiger partial charge in [0.05, 0.1) is 0 Å². The largest absolute Gasteiger partial charge is 0.477 e. The van der Waals surface area contributed by atoms with E-state index < -0.39 is 35.2 Å². The number of benzene rings is 1. The number of allylic oxidation sites excluding steroid dienone is 1. The van der Waals surface area contributed by atoms with Gasteiger partial charge in [0.15, 0.2) is 5.71 Å². The lowest BCUT2D eigenvalue weighted by Gasteiger charge is -2.49. The number of oxime groups is 1. The van der Waals surface area contributed by atoms with Crippen LogP contribution in [0.2, 0.25) is 0 Å². The molecule has 0 aromatic heterocycles. The molecule has 2 aliphatic rings. The fourth-order valence-corrected chi connectivity index (χ4v) is 4.50. The monoisotopic (exact) mass is 445 g/mol. The Morgan fingerprint density at radius 2 is 2.03 bits per heavy atom. The second kappa shape index (κ2) is 9.47. The van der Waals surface area contributed by atoms with Gasteiger partial charge >= 0.3 is 11.9 Å². The maximum atomic E-state index is 12.7. The van der Waals surface area contributed by atoms with E-state index in [9.17, 15) is 29.5 Å². The first kappa shape index (κ1) is 22.1. The van der Waals surface area contributed by atoms with Crippen LogP contribution in [0.5, 0.6) is 0 Å². The molecule has 0 aliphatic carbocycles. The normalized spacial score (nSPS) is 20.9. The minimum Gasteiger partial charge on any atom is -0.477 e. The number of fused-ring (bicyclic) bond motifs is 1. The number of thioether (sulfide) groups is 1. The van der Waals surface area contributed by atoms with Crippen molar-refractivity contribution in [1.82, 2.24) is 10.2 Å². The van der Waals surface area contributed by atoms with Crippen LogP contribution < -0.4 is 5.32 Å². The molecule has 2 amide bonds. The van der Waals surface area contributed by atoms with Crippen LogP contribution >= 0.6 is 11.8 Å². The van der Waals surface area contributed by atoms with Crippen molar-refractivity contribution in [1.29, 1.82) is 0 Å². The average molecular weight is 445 g/mol. The van der Waals surface area contributed by atoms with Gasteiger partial charge in [-0.1, -0.05) is 41.6 Å². The number of carbonyl (C=O) groups is 4. The van der Waals surface area contributed by atoms with Gasteiger partial charge in [0.1, 0.15) is 23.7 Å². The van der Waals surface area contributed by atoms with E-state index in [2.05, 4.69) is 10.5 Å².